The lowest BCUT2D eigenvalue weighted by molar-refractivity contribution is -0.143. The molecule has 0 aromatic heterocycles. The molecule has 2 unspecified atom stereocenters. The zero-order chi connectivity index (χ0) is 13.8. The van der Waals surface area contributed by atoms with Crippen molar-refractivity contribution < 1.29 is 14.7 Å². The van der Waals surface area contributed by atoms with Crippen LogP contribution in [0, 0.1) is 0 Å². The molecule has 108 valence electrons. The Morgan fingerprint density at radius 2 is 2.05 bits per heavy atom. The highest BCUT2D eigenvalue weighted by atomic mass is 16.4. The summed E-state index contributed by atoms with van der Waals surface area (Å²) < 4.78 is 0. The fraction of sp³-hybridized carbons (Fsp3) is 0.846. The van der Waals surface area contributed by atoms with Gasteiger partial charge in [0.2, 0.25) is 5.91 Å². The summed E-state index contributed by atoms with van der Waals surface area (Å²) in [5, 5.41) is 11.9. The molecule has 19 heavy (non-hydrogen) atoms. The quantitative estimate of drug-likeness (QED) is 0.739. The van der Waals surface area contributed by atoms with E-state index in [0.717, 1.165) is 45.6 Å². The Labute approximate surface area is 113 Å². The molecule has 1 amide bonds. The van der Waals surface area contributed by atoms with Crippen molar-refractivity contribution in [2.24, 2.45) is 0 Å². The van der Waals surface area contributed by atoms with Crippen molar-refractivity contribution >= 4 is 11.9 Å². The predicted molar refractivity (Wildman–Crippen MR) is 70.9 cm³/mol. The minimum Gasteiger partial charge on any atom is -0.480 e. The molecule has 0 aliphatic carbocycles. The Morgan fingerprint density at radius 3 is 2.68 bits per heavy atom. The van der Waals surface area contributed by atoms with Crippen LogP contribution < -0.4 is 5.32 Å². The smallest absolute Gasteiger partial charge is 0.320 e. The number of carboxylic acid groups (broad SMARTS) is 1. The molecular formula is C13H23N3O3. The van der Waals surface area contributed by atoms with Crippen LogP contribution in [0.3, 0.4) is 0 Å². The maximum atomic E-state index is 11.6. The van der Waals surface area contributed by atoms with Gasteiger partial charge >= 0.3 is 5.97 Å². The number of carboxylic acids is 1. The van der Waals surface area contributed by atoms with E-state index in [9.17, 15) is 9.59 Å². The van der Waals surface area contributed by atoms with Gasteiger partial charge in [0.05, 0.1) is 0 Å². The highest BCUT2D eigenvalue weighted by Crippen LogP contribution is 2.17. The molecule has 6 nitrogen and oxygen atoms in total. The molecule has 2 saturated heterocycles. The fourth-order valence-corrected chi connectivity index (χ4v) is 2.91. The Kier molecular flexibility index (Phi) is 4.76. The maximum Gasteiger partial charge on any atom is 0.320 e. The molecule has 2 atom stereocenters. The number of carbonyl (C=O) groups excluding carboxylic acids is 1. The first kappa shape index (κ1) is 14.3. The zero-order valence-corrected chi connectivity index (χ0v) is 11.5. The van der Waals surface area contributed by atoms with Crippen molar-refractivity contribution in [3.05, 3.63) is 0 Å². The third-order valence-corrected chi connectivity index (χ3v) is 4.23. The zero-order valence-electron chi connectivity index (χ0n) is 11.5. The van der Waals surface area contributed by atoms with Gasteiger partial charge in [0, 0.05) is 45.2 Å². The Morgan fingerprint density at radius 1 is 1.37 bits per heavy atom. The predicted octanol–water partition coefficient (Wildman–Crippen LogP) is -0.254. The molecule has 6 heteroatoms. The maximum absolute atomic E-state index is 11.6. The van der Waals surface area contributed by atoms with Crippen molar-refractivity contribution in [1.82, 2.24) is 15.1 Å². The van der Waals surface area contributed by atoms with E-state index in [0.29, 0.717) is 12.5 Å². The minimum atomic E-state index is -0.762. The van der Waals surface area contributed by atoms with E-state index < -0.39 is 12.0 Å². The summed E-state index contributed by atoms with van der Waals surface area (Å²) in [7, 11) is 0. The second-order valence-electron chi connectivity index (χ2n) is 5.44. The lowest BCUT2D eigenvalue weighted by Gasteiger charge is -2.40. The highest BCUT2D eigenvalue weighted by molar-refractivity contribution is 5.76. The van der Waals surface area contributed by atoms with E-state index >= 15 is 0 Å². The number of hydrogen-bond donors (Lipinski definition) is 2. The van der Waals surface area contributed by atoms with Gasteiger partial charge in [-0.25, -0.2) is 0 Å². The summed E-state index contributed by atoms with van der Waals surface area (Å²) in [5.41, 5.74) is 0. The van der Waals surface area contributed by atoms with Crippen LogP contribution in [0.25, 0.3) is 0 Å². The van der Waals surface area contributed by atoms with E-state index in [1.807, 2.05) is 4.90 Å². The van der Waals surface area contributed by atoms with Crippen LogP contribution in [0.1, 0.15) is 26.2 Å². The largest absolute Gasteiger partial charge is 0.480 e. The molecule has 0 aromatic rings. The topological polar surface area (TPSA) is 72.9 Å². The molecule has 0 bridgehead atoms. The fourth-order valence-electron chi connectivity index (χ4n) is 2.91. The number of piperazine rings is 1. The van der Waals surface area contributed by atoms with Crippen molar-refractivity contribution in [3.63, 3.8) is 0 Å². The van der Waals surface area contributed by atoms with Crippen molar-refractivity contribution in [3.8, 4) is 0 Å². The number of rotatable bonds is 3. The molecule has 2 heterocycles. The van der Waals surface area contributed by atoms with Crippen molar-refractivity contribution in [1.29, 1.82) is 0 Å². The molecular weight excluding hydrogens is 246 g/mol. The monoisotopic (exact) mass is 269 g/mol. The molecule has 2 aliphatic rings. The van der Waals surface area contributed by atoms with Gasteiger partial charge in [-0.1, -0.05) is 0 Å². The second-order valence-corrected chi connectivity index (χ2v) is 5.44. The van der Waals surface area contributed by atoms with Crippen LogP contribution >= 0.6 is 0 Å². The van der Waals surface area contributed by atoms with Gasteiger partial charge < -0.3 is 10.4 Å². The van der Waals surface area contributed by atoms with Crippen LogP contribution in [0.4, 0.5) is 0 Å². The highest BCUT2D eigenvalue weighted by Gasteiger charge is 2.29. The van der Waals surface area contributed by atoms with E-state index in [2.05, 4.69) is 10.2 Å². The van der Waals surface area contributed by atoms with E-state index in [1.165, 1.54) is 0 Å². The van der Waals surface area contributed by atoms with Gasteiger partial charge in [0.1, 0.15) is 6.04 Å². The summed E-state index contributed by atoms with van der Waals surface area (Å²) >= 11 is 0. The summed E-state index contributed by atoms with van der Waals surface area (Å²) in [4.78, 5) is 26.9. The first-order valence-electron chi connectivity index (χ1n) is 7.05. The molecule has 0 radical (unpaired) electrons. The number of nitrogens with one attached hydrogen (secondary N) is 1. The van der Waals surface area contributed by atoms with Crippen molar-refractivity contribution in [2.75, 3.05) is 32.7 Å². The lowest BCUT2D eigenvalue weighted by atomic mass is 10.1. The molecule has 2 aliphatic heterocycles. The SMILES string of the molecule is CC(C(=O)O)N1CCN(C2CCCNC(=O)C2)CC1. The number of hydrogen-bond acceptors (Lipinski definition) is 4. The van der Waals surface area contributed by atoms with Crippen LogP contribution in [0.2, 0.25) is 0 Å². The number of amides is 1. The average molecular weight is 269 g/mol. The molecule has 0 saturated carbocycles. The Bertz CT molecular complexity index is 340. The third kappa shape index (κ3) is 3.67. The summed E-state index contributed by atoms with van der Waals surface area (Å²) in [6.07, 6.45) is 2.66. The molecule has 0 aromatic carbocycles. The van der Waals surface area contributed by atoms with Gasteiger partial charge in [0.25, 0.3) is 0 Å². The van der Waals surface area contributed by atoms with E-state index in [1.54, 1.807) is 6.92 Å². The number of carbonyl (C=O) groups is 2. The van der Waals surface area contributed by atoms with Crippen LogP contribution in [-0.2, 0) is 9.59 Å². The average Bonchev–Trinajstić information content (AvgIpc) is 2.62. The molecule has 2 rings (SSSR count). The first-order chi connectivity index (χ1) is 9.08. The summed E-state index contributed by atoms with van der Waals surface area (Å²) in [5.74, 6) is -0.619. The standard InChI is InChI=1S/C13H23N3O3/c1-10(13(18)19)15-5-7-16(8-6-15)11-3-2-4-14-12(17)9-11/h10-11H,2-9H2,1H3,(H,14,17)(H,18,19). The van der Waals surface area contributed by atoms with Gasteiger partial charge in [0.15, 0.2) is 0 Å². The van der Waals surface area contributed by atoms with Gasteiger partial charge in [-0.05, 0) is 19.8 Å². The van der Waals surface area contributed by atoms with Gasteiger partial charge in [-0.15, -0.1) is 0 Å². The molecule has 0 spiro atoms. The Hall–Kier alpha value is -1.14. The Balaban J connectivity index is 1.85. The molecule has 2 N–H and O–H groups in total. The van der Waals surface area contributed by atoms with Gasteiger partial charge in [-0.3, -0.25) is 19.4 Å². The summed E-state index contributed by atoms with van der Waals surface area (Å²) in [6.45, 7) is 5.77. The lowest BCUT2D eigenvalue weighted by Crippen LogP contribution is -2.54. The molecule has 2 fully saturated rings. The first-order valence-corrected chi connectivity index (χ1v) is 7.05. The number of nitrogens with zero attached hydrogens (tertiary/aromatic N) is 2. The van der Waals surface area contributed by atoms with Crippen LogP contribution in [0.5, 0.6) is 0 Å². The second kappa shape index (κ2) is 6.34. The number of aliphatic carboxylic acids is 1. The minimum absolute atomic E-state index is 0.142. The summed E-state index contributed by atoms with van der Waals surface area (Å²) in [6, 6.07) is -0.0932. The van der Waals surface area contributed by atoms with Crippen molar-refractivity contribution in [2.45, 2.75) is 38.3 Å². The third-order valence-electron chi connectivity index (χ3n) is 4.23. The normalized spacial score (nSPS) is 28.5. The van der Waals surface area contributed by atoms with E-state index in [-0.39, 0.29) is 5.91 Å². The van der Waals surface area contributed by atoms with Gasteiger partial charge in [-0.2, -0.15) is 0 Å². The van der Waals surface area contributed by atoms with Crippen LogP contribution in [-0.4, -0.2) is 71.6 Å². The van der Waals surface area contributed by atoms with Crippen LogP contribution in [0.15, 0.2) is 0 Å². The van der Waals surface area contributed by atoms with E-state index in [4.69, 9.17) is 5.11 Å².